The zero-order valence-electron chi connectivity index (χ0n) is 15.2. The first-order valence-electron chi connectivity index (χ1n) is 8.67. The van der Waals surface area contributed by atoms with Gasteiger partial charge >= 0.3 is 5.97 Å². The molecule has 1 aromatic carbocycles. The number of carboxylic acid groups (broad SMARTS) is 1. The van der Waals surface area contributed by atoms with E-state index < -0.39 is 11.9 Å². The molecule has 2 rings (SSSR count). The lowest BCUT2D eigenvalue weighted by Crippen LogP contribution is -2.41. The van der Waals surface area contributed by atoms with Crippen LogP contribution in [0.2, 0.25) is 0 Å². The molecule has 27 heavy (non-hydrogen) atoms. The van der Waals surface area contributed by atoms with Crippen molar-refractivity contribution in [1.29, 1.82) is 5.26 Å². The fourth-order valence-electron chi connectivity index (χ4n) is 2.72. The third-order valence-corrected chi connectivity index (χ3v) is 4.30. The minimum Gasteiger partial charge on any atom is -0.497 e. The summed E-state index contributed by atoms with van der Waals surface area (Å²) in [5.41, 5.74) is -0.00628. The van der Waals surface area contributed by atoms with Crippen molar-refractivity contribution >= 4 is 11.9 Å². The monoisotopic (exact) mass is 373 g/mol. The van der Waals surface area contributed by atoms with Crippen LogP contribution >= 0.6 is 0 Å². The summed E-state index contributed by atoms with van der Waals surface area (Å²) in [7, 11) is 1.59. The number of nitrogens with zero attached hydrogens (tertiary/aromatic N) is 2. The highest BCUT2D eigenvalue weighted by Gasteiger charge is 2.28. The summed E-state index contributed by atoms with van der Waals surface area (Å²) in [4.78, 5) is 24.8. The number of carboxylic acids is 1. The van der Waals surface area contributed by atoms with Gasteiger partial charge in [0.2, 0.25) is 0 Å². The molecule has 8 nitrogen and oxygen atoms in total. The van der Waals surface area contributed by atoms with Gasteiger partial charge in [-0.1, -0.05) is 0 Å². The summed E-state index contributed by atoms with van der Waals surface area (Å²) in [6.45, 7) is 1.47. The van der Waals surface area contributed by atoms with Crippen molar-refractivity contribution in [3.63, 3.8) is 0 Å². The maximum Gasteiger partial charge on any atom is 0.306 e. The zero-order chi connectivity index (χ0) is 19.6. The molecule has 8 heteroatoms. The standard InChI is InChI=1S/C19H23N3O5/c1-26-16-2-4-17(5-3-16)27-11-8-21-13-15(12-20)18(23)22-9-6-14(7-10-22)19(24)25/h2-5,13-14,21H,6-11H2,1H3,(H,24,25)/b15-13-. The molecule has 1 heterocycles. The number of hydrogen-bond donors (Lipinski definition) is 2. The van der Waals surface area contributed by atoms with Gasteiger partial charge < -0.3 is 24.8 Å². The zero-order valence-corrected chi connectivity index (χ0v) is 15.2. The van der Waals surface area contributed by atoms with E-state index in [0.717, 1.165) is 5.75 Å². The molecular weight excluding hydrogens is 350 g/mol. The highest BCUT2D eigenvalue weighted by atomic mass is 16.5. The molecule has 0 aromatic heterocycles. The van der Waals surface area contributed by atoms with Crippen molar-refractivity contribution in [2.45, 2.75) is 12.8 Å². The number of piperidine rings is 1. The van der Waals surface area contributed by atoms with E-state index in [1.54, 1.807) is 31.4 Å². The Kier molecular flexibility index (Phi) is 7.49. The molecule has 144 valence electrons. The smallest absolute Gasteiger partial charge is 0.306 e. The Bertz CT molecular complexity index is 716. The lowest BCUT2D eigenvalue weighted by Gasteiger charge is -2.29. The molecule has 1 aromatic rings. The van der Waals surface area contributed by atoms with Gasteiger partial charge in [0.25, 0.3) is 5.91 Å². The summed E-state index contributed by atoms with van der Waals surface area (Å²) in [6, 6.07) is 9.06. The van der Waals surface area contributed by atoms with Gasteiger partial charge in [-0.3, -0.25) is 9.59 Å². The molecule has 2 N–H and O–H groups in total. The van der Waals surface area contributed by atoms with Gasteiger partial charge in [0.05, 0.1) is 13.0 Å². The summed E-state index contributed by atoms with van der Waals surface area (Å²) < 4.78 is 10.6. The number of hydrogen-bond acceptors (Lipinski definition) is 6. The number of likely N-dealkylation sites (tertiary alicyclic amines) is 1. The quantitative estimate of drug-likeness (QED) is 0.402. The number of nitriles is 1. The molecule has 0 aliphatic carbocycles. The van der Waals surface area contributed by atoms with E-state index in [1.165, 1.54) is 11.1 Å². The van der Waals surface area contributed by atoms with Crippen molar-refractivity contribution < 1.29 is 24.2 Å². The second-order valence-corrected chi connectivity index (χ2v) is 6.05. The summed E-state index contributed by atoms with van der Waals surface area (Å²) in [5.74, 6) is -0.203. The average molecular weight is 373 g/mol. The number of benzene rings is 1. The Balaban J connectivity index is 1.76. The number of rotatable bonds is 8. The summed E-state index contributed by atoms with van der Waals surface area (Å²) in [5, 5.41) is 21.1. The number of ether oxygens (including phenoxy) is 2. The minimum atomic E-state index is -0.836. The number of nitrogens with one attached hydrogen (secondary N) is 1. The Morgan fingerprint density at radius 2 is 1.93 bits per heavy atom. The fraction of sp³-hybridized carbons (Fsp3) is 0.421. The third kappa shape index (κ3) is 5.92. The summed E-state index contributed by atoms with van der Waals surface area (Å²) >= 11 is 0. The van der Waals surface area contributed by atoms with Crippen LogP contribution in [0.25, 0.3) is 0 Å². The van der Waals surface area contributed by atoms with Gasteiger partial charge in [-0.2, -0.15) is 5.26 Å². The molecular formula is C19H23N3O5. The maximum atomic E-state index is 12.4. The average Bonchev–Trinajstić information content (AvgIpc) is 2.70. The predicted octanol–water partition coefficient (Wildman–Crippen LogP) is 1.39. The van der Waals surface area contributed by atoms with E-state index in [1.807, 2.05) is 6.07 Å². The number of aliphatic carboxylic acids is 1. The molecule has 0 radical (unpaired) electrons. The summed E-state index contributed by atoms with van der Waals surface area (Å²) in [6.07, 6.45) is 2.19. The van der Waals surface area contributed by atoms with E-state index in [4.69, 9.17) is 14.6 Å². The van der Waals surface area contributed by atoms with Crippen LogP contribution in [0.3, 0.4) is 0 Å². The SMILES string of the molecule is COc1ccc(OCCN/C=C(/C#N)C(=O)N2CCC(C(=O)O)CC2)cc1. The Hall–Kier alpha value is -3.21. The first-order valence-corrected chi connectivity index (χ1v) is 8.67. The molecule has 0 spiro atoms. The molecule has 1 aliphatic rings. The van der Waals surface area contributed by atoms with Gasteiger partial charge in [-0.15, -0.1) is 0 Å². The molecule has 1 aliphatic heterocycles. The number of amides is 1. The van der Waals surface area contributed by atoms with E-state index in [-0.39, 0.29) is 11.5 Å². The van der Waals surface area contributed by atoms with Crippen molar-refractivity contribution in [2.75, 3.05) is 33.4 Å². The Morgan fingerprint density at radius 1 is 1.30 bits per heavy atom. The molecule has 1 amide bonds. The molecule has 0 unspecified atom stereocenters. The third-order valence-electron chi connectivity index (χ3n) is 4.30. The maximum absolute atomic E-state index is 12.4. The lowest BCUT2D eigenvalue weighted by molar-refractivity contribution is -0.145. The largest absolute Gasteiger partial charge is 0.497 e. The molecule has 0 saturated carbocycles. The fourth-order valence-corrected chi connectivity index (χ4v) is 2.72. The highest BCUT2D eigenvalue weighted by molar-refractivity contribution is 5.97. The van der Waals surface area contributed by atoms with Crippen molar-refractivity contribution in [2.24, 2.45) is 5.92 Å². The first-order chi connectivity index (χ1) is 13.0. The number of carbonyl (C=O) groups excluding carboxylic acids is 1. The lowest BCUT2D eigenvalue weighted by atomic mass is 9.97. The van der Waals surface area contributed by atoms with E-state index in [2.05, 4.69) is 5.32 Å². The minimum absolute atomic E-state index is 0.00628. The normalized spacial score (nSPS) is 15.0. The van der Waals surface area contributed by atoms with Crippen molar-refractivity contribution in [3.8, 4) is 17.6 Å². The topological polar surface area (TPSA) is 112 Å². The van der Waals surface area contributed by atoms with Crippen LogP contribution in [-0.4, -0.2) is 55.2 Å². The molecule has 0 bridgehead atoms. The number of carbonyl (C=O) groups is 2. The highest BCUT2D eigenvalue weighted by Crippen LogP contribution is 2.19. The van der Waals surface area contributed by atoms with Crippen LogP contribution < -0.4 is 14.8 Å². The molecule has 1 saturated heterocycles. The van der Waals surface area contributed by atoms with Crippen LogP contribution in [0, 0.1) is 17.2 Å². The van der Waals surface area contributed by atoms with Crippen LogP contribution in [-0.2, 0) is 9.59 Å². The van der Waals surface area contributed by atoms with E-state index in [0.29, 0.717) is 44.8 Å². The van der Waals surface area contributed by atoms with Crippen LogP contribution in [0.4, 0.5) is 0 Å². The number of methoxy groups -OCH3 is 1. The van der Waals surface area contributed by atoms with Gasteiger partial charge in [0.1, 0.15) is 29.7 Å². The van der Waals surface area contributed by atoms with Gasteiger partial charge in [-0.25, -0.2) is 0 Å². The second kappa shape index (κ2) is 10.1. The van der Waals surface area contributed by atoms with Gasteiger partial charge in [0, 0.05) is 25.8 Å². The van der Waals surface area contributed by atoms with Crippen molar-refractivity contribution in [3.05, 3.63) is 36.0 Å². The Labute approximate surface area is 158 Å². The van der Waals surface area contributed by atoms with Gasteiger partial charge in [0.15, 0.2) is 0 Å². The second-order valence-electron chi connectivity index (χ2n) is 6.05. The molecule has 1 fully saturated rings. The van der Waals surface area contributed by atoms with Crippen LogP contribution in [0.15, 0.2) is 36.0 Å². The van der Waals surface area contributed by atoms with Crippen molar-refractivity contribution in [1.82, 2.24) is 10.2 Å². The predicted molar refractivity (Wildman–Crippen MR) is 97.1 cm³/mol. The van der Waals surface area contributed by atoms with Crippen LogP contribution in [0.5, 0.6) is 11.5 Å². The molecule has 0 atom stereocenters. The first kappa shape index (κ1) is 20.1. The Morgan fingerprint density at radius 3 is 2.48 bits per heavy atom. The van der Waals surface area contributed by atoms with E-state index in [9.17, 15) is 14.9 Å². The van der Waals surface area contributed by atoms with Gasteiger partial charge in [-0.05, 0) is 37.1 Å². The van der Waals surface area contributed by atoms with Crippen LogP contribution in [0.1, 0.15) is 12.8 Å². The van der Waals surface area contributed by atoms with E-state index >= 15 is 0 Å².